The quantitative estimate of drug-likeness (QED) is 0.708. The zero-order chi connectivity index (χ0) is 11.9. The van der Waals surface area contributed by atoms with Gasteiger partial charge in [-0.15, -0.1) is 0 Å². The first-order valence-electron chi connectivity index (χ1n) is 6.33. The largest absolute Gasteiger partial charge is 0.500 e. The first-order chi connectivity index (χ1) is 7.72. The molecule has 0 aromatic heterocycles. The van der Waals surface area contributed by atoms with Crippen LogP contribution in [0.25, 0.3) is 0 Å². The smallest absolute Gasteiger partial charge is 0.374 e. The second-order valence-corrected chi connectivity index (χ2v) is 6.89. The molecule has 16 heavy (non-hydrogen) atoms. The molecule has 1 aliphatic rings. The molecule has 0 aromatic rings. The molecule has 4 nitrogen and oxygen atoms in total. The minimum absolute atomic E-state index is 0.683. The molecule has 1 saturated heterocycles. The van der Waals surface area contributed by atoms with Gasteiger partial charge in [-0.25, -0.2) is 0 Å². The second-order valence-electron chi connectivity index (χ2n) is 4.16. The average molecular weight is 247 g/mol. The van der Waals surface area contributed by atoms with E-state index in [1.807, 2.05) is 13.8 Å². The van der Waals surface area contributed by atoms with Crippen LogP contribution in [0, 0.1) is 0 Å². The van der Waals surface area contributed by atoms with Crippen molar-refractivity contribution in [2.24, 2.45) is 0 Å². The molecule has 0 spiro atoms. The van der Waals surface area contributed by atoms with Crippen molar-refractivity contribution in [3.63, 3.8) is 0 Å². The summed E-state index contributed by atoms with van der Waals surface area (Å²) in [4.78, 5) is 2.31. The van der Waals surface area contributed by atoms with Gasteiger partial charge in [0.05, 0.1) is 6.61 Å². The molecule has 0 bridgehead atoms. The van der Waals surface area contributed by atoms with Gasteiger partial charge in [-0.3, -0.25) is 0 Å². The number of hydrogen-bond acceptors (Lipinski definition) is 4. The Balaban J connectivity index is 2.57. The van der Waals surface area contributed by atoms with Gasteiger partial charge in [0.2, 0.25) is 0 Å². The Bertz CT molecular complexity index is 186. The molecule has 1 aliphatic heterocycles. The maximum absolute atomic E-state index is 5.95. The maximum atomic E-state index is 5.95. The fourth-order valence-corrected chi connectivity index (χ4v) is 4.62. The van der Waals surface area contributed by atoms with E-state index >= 15 is 0 Å². The van der Waals surface area contributed by atoms with Crippen LogP contribution in [0.5, 0.6) is 0 Å². The van der Waals surface area contributed by atoms with E-state index in [1.165, 1.54) is 6.42 Å². The van der Waals surface area contributed by atoms with Crippen LogP contribution in [0.3, 0.4) is 0 Å². The molecule has 0 atom stereocenters. The average Bonchev–Trinajstić information content (AvgIpc) is 2.32. The summed E-state index contributed by atoms with van der Waals surface area (Å²) in [7, 11) is -0.216. The SMILES string of the molecule is CCO[Si]1(OCC)CCCCN(C)CCO1. The highest BCUT2D eigenvalue weighted by atomic mass is 28.4. The van der Waals surface area contributed by atoms with Gasteiger partial charge in [0.15, 0.2) is 0 Å². The summed E-state index contributed by atoms with van der Waals surface area (Å²) in [5, 5.41) is 0. The Labute approximate surface area is 100 Å². The minimum Gasteiger partial charge on any atom is -0.374 e. The van der Waals surface area contributed by atoms with E-state index in [4.69, 9.17) is 13.3 Å². The van der Waals surface area contributed by atoms with Crippen molar-refractivity contribution in [2.45, 2.75) is 32.7 Å². The van der Waals surface area contributed by atoms with Crippen LogP contribution in [0.15, 0.2) is 0 Å². The van der Waals surface area contributed by atoms with Crippen LogP contribution in [0.2, 0.25) is 6.04 Å². The van der Waals surface area contributed by atoms with Gasteiger partial charge in [0.25, 0.3) is 0 Å². The van der Waals surface area contributed by atoms with Crippen molar-refractivity contribution in [3.8, 4) is 0 Å². The van der Waals surface area contributed by atoms with Crippen LogP contribution in [0.1, 0.15) is 26.7 Å². The van der Waals surface area contributed by atoms with Gasteiger partial charge in [0, 0.05) is 25.8 Å². The van der Waals surface area contributed by atoms with Gasteiger partial charge in [-0.1, -0.05) is 0 Å². The summed E-state index contributed by atoms with van der Waals surface area (Å²) < 4.78 is 17.6. The van der Waals surface area contributed by atoms with Crippen molar-refractivity contribution < 1.29 is 13.3 Å². The normalized spacial score (nSPS) is 23.4. The predicted octanol–water partition coefficient (Wildman–Crippen LogP) is 1.74. The second kappa shape index (κ2) is 7.40. The summed E-state index contributed by atoms with van der Waals surface area (Å²) >= 11 is 0. The predicted molar refractivity (Wildman–Crippen MR) is 66.5 cm³/mol. The lowest BCUT2D eigenvalue weighted by atomic mass is 10.3. The molecule has 0 unspecified atom stereocenters. The van der Waals surface area contributed by atoms with Crippen LogP contribution in [0.4, 0.5) is 0 Å². The van der Waals surface area contributed by atoms with E-state index in [1.54, 1.807) is 0 Å². The Morgan fingerprint density at radius 1 is 1.12 bits per heavy atom. The summed E-state index contributed by atoms with van der Waals surface area (Å²) in [6, 6.07) is 0.961. The summed E-state index contributed by atoms with van der Waals surface area (Å²) in [5.74, 6) is 0. The molecule has 0 aliphatic carbocycles. The van der Waals surface area contributed by atoms with Gasteiger partial charge in [0.1, 0.15) is 0 Å². The van der Waals surface area contributed by atoms with Gasteiger partial charge in [-0.2, -0.15) is 0 Å². The molecule has 1 fully saturated rings. The highest BCUT2D eigenvalue weighted by Gasteiger charge is 2.40. The number of rotatable bonds is 4. The van der Waals surface area contributed by atoms with Crippen LogP contribution in [-0.2, 0) is 13.3 Å². The molecule has 96 valence electrons. The molecule has 0 saturated carbocycles. The maximum Gasteiger partial charge on any atom is 0.500 e. The van der Waals surface area contributed by atoms with Crippen LogP contribution < -0.4 is 0 Å². The molecule has 1 heterocycles. The number of hydrogen-bond donors (Lipinski definition) is 0. The summed E-state index contributed by atoms with van der Waals surface area (Å²) in [6.07, 6.45) is 2.34. The summed E-state index contributed by atoms with van der Waals surface area (Å²) in [5.41, 5.74) is 0. The molecule has 5 heteroatoms. The van der Waals surface area contributed by atoms with E-state index in [9.17, 15) is 0 Å². The van der Waals surface area contributed by atoms with Gasteiger partial charge < -0.3 is 18.2 Å². The standard InChI is InChI=1S/C11H25NO3Si/c1-4-13-16(14-5-2)11-7-6-8-12(3)9-10-15-16/h4-11H2,1-3H3. The Hall–Kier alpha value is 0.0569. The third-order valence-corrected chi connectivity index (χ3v) is 5.86. The van der Waals surface area contributed by atoms with Crippen molar-refractivity contribution in [1.29, 1.82) is 0 Å². The monoisotopic (exact) mass is 247 g/mol. The highest BCUT2D eigenvalue weighted by Crippen LogP contribution is 2.20. The Morgan fingerprint density at radius 2 is 1.81 bits per heavy atom. The minimum atomic E-state index is -2.35. The Kier molecular flexibility index (Phi) is 6.53. The first kappa shape index (κ1) is 14.1. The molecule has 0 N–H and O–H groups in total. The lowest BCUT2D eigenvalue weighted by Gasteiger charge is -2.28. The lowest BCUT2D eigenvalue weighted by molar-refractivity contribution is 0.0635. The van der Waals surface area contributed by atoms with Crippen molar-refractivity contribution in [3.05, 3.63) is 0 Å². The molecule has 0 radical (unpaired) electrons. The van der Waals surface area contributed by atoms with Crippen molar-refractivity contribution in [2.75, 3.05) is 40.0 Å². The fraction of sp³-hybridized carbons (Fsp3) is 1.00. The molecule has 1 rings (SSSR count). The zero-order valence-corrected chi connectivity index (χ0v) is 11.8. The zero-order valence-electron chi connectivity index (χ0n) is 10.8. The fourth-order valence-electron chi connectivity index (χ4n) is 1.97. The molecular formula is C11H25NO3Si. The van der Waals surface area contributed by atoms with E-state index in [2.05, 4.69) is 11.9 Å². The van der Waals surface area contributed by atoms with Gasteiger partial charge in [-0.05, 0) is 40.3 Å². The van der Waals surface area contributed by atoms with Crippen molar-refractivity contribution >= 4 is 8.80 Å². The summed E-state index contributed by atoms with van der Waals surface area (Å²) in [6.45, 7) is 8.22. The first-order valence-corrected chi connectivity index (χ1v) is 8.26. The van der Waals surface area contributed by atoms with Crippen molar-refractivity contribution in [1.82, 2.24) is 4.90 Å². The number of likely N-dealkylation sites (N-methyl/N-ethyl adjacent to an activating group) is 1. The number of nitrogens with zero attached hydrogens (tertiary/aromatic N) is 1. The highest BCUT2D eigenvalue weighted by molar-refractivity contribution is 6.60. The molecule has 0 amide bonds. The topological polar surface area (TPSA) is 30.9 Å². The molecule has 0 aromatic carbocycles. The van der Waals surface area contributed by atoms with Crippen LogP contribution in [-0.4, -0.2) is 53.7 Å². The van der Waals surface area contributed by atoms with E-state index in [0.29, 0.717) is 13.2 Å². The Morgan fingerprint density at radius 3 is 2.44 bits per heavy atom. The van der Waals surface area contributed by atoms with E-state index < -0.39 is 8.80 Å². The third-order valence-electron chi connectivity index (χ3n) is 2.80. The van der Waals surface area contributed by atoms with E-state index in [0.717, 1.165) is 32.2 Å². The molecular weight excluding hydrogens is 222 g/mol. The lowest BCUT2D eigenvalue weighted by Crippen LogP contribution is -2.46. The van der Waals surface area contributed by atoms with E-state index in [-0.39, 0.29) is 0 Å². The third kappa shape index (κ3) is 4.51. The van der Waals surface area contributed by atoms with Crippen LogP contribution >= 0.6 is 0 Å². The van der Waals surface area contributed by atoms with Gasteiger partial charge >= 0.3 is 8.80 Å².